The molecule has 1 N–H and O–H groups in total. The minimum atomic E-state index is -0.504. The van der Waals surface area contributed by atoms with Crippen molar-refractivity contribution in [3.8, 4) is 0 Å². The fraction of sp³-hybridized carbons (Fsp3) is 0.150. The van der Waals surface area contributed by atoms with Gasteiger partial charge in [0.2, 0.25) is 0 Å². The van der Waals surface area contributed by atoms with Crippen molar-refractivity contribution < 1.29 is 14.3 Å². The van der Waals surface area contributed by atoms with E-state index >= 15 is 0 Å². The molecule has 0 fully saturated rings. The number of hydrogen-bond donors (Lipinski definition) is 1. The van der Waals surface area contributed by atoms with Crippen molar-refractivity contribution in [2.24, 2.45) is 0 Å². The summed E-state index contributed by atoms with van der Waals surface area (Å²) in [7, 11) is 0. The Hall–Kier alpha value is -3.12. The molecule has 3 aromatic rings. The van der Waals surface area contributed by atoms with Crippen LogP contribution in [0.2, 0.25) is 5.02 Å². The quantitative estimate of drug-likeness (QED) is 0.636. The Bertz CT molecular complexity index is 925. The van der Waals surface area contributed by atoms with Crippen LogP contribution in [0.1, 0.15) is 21.5 Å². The topological polar surface area (TPSA) is 73.2 Å². The summed E-state index contributed by atoms with van der Waals surface area (Å²) in [5.74, 6) is -0.896. The first-order chi connectivity index (χ1) is 13.1. The molecule has 2 aromatic carbocycles. The minimum Gasteiger partial charge on any atom is -0.460 e. The Morgan fingerprint density at radius 3 is 2.59 bits per heavy atom. The van der Waals surface area contributed by atoms with Crippen molar-refractivity contribution in [2.45, 2.75) is 13.2 Å². The average Bonchev–Trinajstić information content (AvgIpc) is 3.16. The molecule has 7 heteroatoms. The standard InChI is InChI=1S/C20H18ClN3O3/c21-18-9-5-4-8-16(18)12-24-13-17(10-23-24)20(26)22-11-19(25)27-14-15-6-2-1-3-7-15/h1-10,13H,11-12,14H2,(H,22,26). The minimum absolute atomic E-state index is 0.172. The highest BCUT2D eigenvalue weighted by atomic mass is 35.5. The van der Waals surface area contributed by atoms with Gasteiger partial charge in [-0.15, -0.1) is 0 Å². The van der Waals surface area contributed by atoms with Crippen molar-refractivity contribution in [1.82, 2.24) is 15.1 Å². The highest BCUT2D eigenvalue weighted by Crippen LogP contribution is 2.16. The summed E-state index contributed by atoms with van der Waals surface area (Å²) in [6, 6.07) is 16.8. The largest absolute Gasteiger partial charge is 0.460 e. The van der Waals surface area contributed by atoms with Crippen LogP contribution in [0.3, 0.4) is 0 Å². The molecule has 27 heavy (non-hydrogen) atoms. The second kappa shape index (κ2) is 9.00. The van der Waals surface area contributed by atoms with Crippen LogP contribution < -0.4 is 5.32 Å². The predicted molar refractivity (Wildman–Crippen MR) is 101 cm³/mol. The summed E-state index contributed by atoms with van der Waals surface area (Å²) in [6.07, 6.45) is 3.05. The zero-order valence-electron chi connectivity index (χ0n) is 14.5. The van der Waals surface area contributed by atoms with Crippen molar-refractivity contribution in [1.29, 1.82) is 0 Å². The number of esters is 1. The number of nitrogens with one attached hydrogen (secondary N) is 1. The molecule has 3 rings (SSSR count). The Morgan fingerprint density at radius 2 is 1.81 bits per heavy atom. The number of rotatable bonds is 7. The van der Waals surface area contributed by atoms with Crippen LogP contribution in [-0.2, 0) is 22.7 Å². The number of benzene rings is 2. The van der Waals surface area contributed by atoms with Gasteiger partial charge in [0.15, 0.2) is 0 Å². The number of carbonyl (C=O) groups is 2. The fourth-order valence-electron chi connectivity index (χ4n) is 2.41. The SMILES string of the molecule is O=C(CNC(=O)c1cnn(Cc2ccccc2Cl)c1)OCc1ccccc1. The van der Waals surface area contributed by atoms with Gasteiger partial charge in [0.05, 0.1) is 18.3 Å². The zero-order valence-corrected chi connectivity index (χ0v) is 15.2. The molecule has 0 saturated carbocycles. The maximum Gasteiger partial charge on any atom is 0.325 e. The van der Waals surface area contributed by atoms with E-state index in [1.54, 1.807) is 16.9 Å². The molecule has 0 aliphatic carbocycles. The van der Waals surface area contributed by atoms with Crippen LogP contribution >= 0.6 is 11.6 Å². The van der Waals surface area contributed by atoms with Gasteiger partial charge < -0.3 is 10.1 Å². The van der Waals surface area contributed by atoms with Crippen LogP contribution in [0.25, 0.3) is 0 Å². The molecule has 6 nitrogen and oxygen atoms in total. The van der Waals surface area contributed by atoms with E-state index < -0.39 is 11.9 Å². The highest BCUT2D eigenvalue weighted by Gasteiger charge is 2.12. The van der Waals surface area contributed by atoms with E-state index in [9.17, 15) is 9.59 Å². The van der Waals surface area contributed by atoms with Gasteiger partial charge in [0, 0.05) is 11.2 Å². The molecule has 138 valence electrons. The van der Waals surface area contributed by atoms with Crippen molar-refractivity contribution in [3.05, 3.63) is 88.7 Å². The van der Waals surface area contributed by atoms with Crippen LogP contribution in [0, 0.1) is 0 Å². The van der Waals surface area contributed by atoms with E-state index in [1.807, 2.05) is 48.5 Å². The number of carbonyl (C=O) groups excluding carboxylic acids is 2. The third kappa shape index (κ3) is 5.43. The van der Waals surface area contributed by atoms with Crippen molar-refractivity contribution >= 4 is 23.5 Å². The van der Waals surface area contributed by atoms with E-state index in [2.05, 4.69) is 10.4 Å². The average molecular weight is 384 g/mol. The summed E-state index contributed by atoms with van der Waals surface area (Å²) in [5, 5.41) is 7.33. The molecule has 0 aliphatic heterocycles. The number of ether oxygens (including phenoxy) is 1. The molecule has 0 spiro atoms. The molecular weight excluding hydrogens is 366 g/mol. The predicted octanol–water partition coefficient (Wildman–Crippen LogP) is 3.06. The number of halogens is 1. The van der Waals surface area contributed by atoms with Crippen LogP contribution in [0.5, 0.6) is 0 Å². The van der Waals surface area contributed by atoms with Gasteiger partial charge in [0.1, 0.15) is 13.2 Å². The second-order valence-electron chi connectivity index (χ2n) is 5.85. The lowest BCUT2D eigenvalue weighted by atomic mass is 10.2. The zero-order chi connectivity index (χ0) is 19.1. The molecule has 0 saturated heterocycles. The van der Waals surface area contributed by atoms with Gasteiger partial charge in [-0.2, -0.15) is 5.10 Å². The summed E-state index contributed by atoms with van der Waals surface area (Å²) < 4.78 is 6.74. The molecule has 1 aromatic heterocycles. The van der Waals surface area contributed by atoms with Crippen LogP contribution in [-0.4, -0.2) is 28.2 Å². The van der Waals surface area contributed by atoms with Crippen molar-refractivity contribution in [2.75, 3.05) is 6.54 Å². The normalized spacial score (nSPS) is 10.4. The smallest absolute Gasteiger partial charge is 0.325 e. The van der Waals surface area contributed by atoms with Gasteiger partial charge in [-0.25, -0.2) is 0 Å². The van der Waals surface area contributed by atoms with E-state index in [4.69, 9.17) is 16.3 Å². The maximum absolute atomic E-state index is 12.2. The summed E-state index contributed by atoms with van der Waals surface area (Å²) >= 11 is 6.13. The molecule has 1 heterocycles. The lowest BCUT2D eigenvalue weighted by molar-refractivity contribution is -0.143. The van der Waals surface area contributed by atoms with E-state index in [0.29, 0.717) is 17.1 Å². The van der Waals surface area contributed by atoms with E-state index in [0.717, 1.165) is 11.1 Å². The van der Waals surface area contributed by atoms with E-state index in [1.165, 1.54) is 6.20 Å². The van der Waals surface area contributed by atoms with Gasteiger partial charge >= 0.3 is 5.97 Å². The molecule has 0 unspecified atom stereocenters. The lowest BCUT2D eigenvalue weighted by Gasteiger charge is -2.06. The molecular formula is C20H18ClN3O3. The maximum atomic E-state index is 12.2. The molecule has 1 amide bonds. The number of nitrogens with zero attached hydrogens (tertiary/aromatic N) is 2. The van der Waals surface area contributed by atoms with Crippen LogP contribution in [0.4, 0.5) is 0 Å². The third-order valence-electron chi connectivity index (χ3n) is 3.82. The van der Waals surface area contributed by atoms with Crippen molar-refractivity contribution in [3.63, 3.8) is 0 Å². The third-order valence-corrected chi connectivity index (χ3v) is 4.19. The Morgan fingerprint density at radius 1 is 1.07 bits per heavy atom. The molecule has 0 aliphatic rings. The monoisotopic (exact) mass is 383 g/mol. The van der Waals surface area contributed by atoms with E-state index in [-0.39, 0.29) is 13.2 Å². The van der Waals surface area contributed by atoms with Gasteiger partial charge in [-0.3, -0.25) is 14.3 Å². The first-order valence-corrected chi connectivity index (χ1v) is 8.73. The first kappa shape index (κ1) is 18.7. The number of aromatic nitrogens is 2. The fourth-order valence-corrected chi connectivity index (χ4v) is 2.61. The number of hydrogen-bond acceptors (Lipinski definition) is 4. The van der Waals surface area contributed by atoms with Gasteiger partial charge in [-0.1, -0.05) is 60.1 Å². The Kier molecular flexibility index (Phi) is 6.22. The molecule has 0 radical (unpaired) electrons. The Balaban J connectivity index is 1.48. The number of amides is 1. The molecule has 0 bridgehead atoms. The second-order valence-corrected chi connectivity index (χ2v) is 6.25. The Labute approximate surface area is 161 Å². The highest BCUT2D eigenvalue weighted by molar-refractivity contribution is 6.31. The summed E-state index contributed by atoms with van der Waals surface area (Å²) in [5.41, 5.74) is 2.15. The molecule has 0 atom stereocenters. The lowest BCUT2D eigenvalue weighted by Crippen LogP contribution is -2.30. The first-order valence-electron chi connectivity index (χ1n) is 8.35. The van der Waals surface area contributed by atoms with Gasteiger partial charge in [-0.05, 0) is 17.2 Å². The summed E-state index contributed by atoms with van der Waals surface area (Å²) in [4.78, 5) is 23.9. The summed E-state index contributed by atoms with van der Waals surface area (Å²) in [6.45, 7) is 0.415. The van der Waals surface area contributed by atoms with Crippen LogP contribution in [0.15, 0.2) is 67.0 Å². The van der Waals surface area contributed by atoms with Gasteiger partial charge in [0.25, 0.3) is 5.91 Å².